The van der Waals surface area contributed by atoms with Crippen molar-refractivity contribution in [2.24, 2.45) is 0 Å². The van der Waals surface area contributed by atoms with E-state index in [2.05, 4.69) is 4.98 Å². The average Bonchev–Trinajstić information content (AvgIpc) is 3.34. The van der Waals surface area contributed by atoms with Crippen molar-refractivity contribution in [2.45, 2.75) is 50.6 Å². The van der Waals surface area contributed by atoms with Crippen LogP contribution in [0.25, 0.3) is 16.3 Å². The summed E-state index contributed by atoms with van der Waals surface area (Å²) in [5, 5.41) is 0.685. The topological polar surface area (TPSA) is 93.6 Å². The molecule has 1 saturated heterocycles. The van der Waals surface area contributed by atoms with E-state index < -0.39 is 15.8 Å². The van der Waals surface area contributed by atoms with Crippen LogP contribution in [0.1, 0.15) is 43.5 Å². The zero-order valence-electron chi connectivity index (χ0n) is 17.2. The van der Waals surface area contributed by atoms with E-state index >= 15 is 0 Å². The number of benzene rings is 1. The minimum Gasteiger partial charge on any atom is -0.452 e. The van der Waals surface area contributed by atoms with Crippen LogP contribution < -0.4 is 0 Å². The van der Waals surface area contributed by atoms with Crippen LogP contribution in [0.3, 0.4) is 0 Å². The molecule has 1 aromatic carbocycles. The molecule has 2 aromatic rings. The lowest BCUT2D eigenvalue weighted by Gasteiger charge is -2.38. The maximum Gasteiger partial charge on any atom is 0.331 e. The first-order chi connectivity index (χ1) is 14.9. The Hall–Kier alpha value is -2.26. The maximum atomic E-state index is 13.0. The summed E-state index contributed by atoms with van der Waals surface area (Å²) in [5.74, 6) is -0.814. The molecule has 1 atom stereocenters. The summed E-state index contributed by atoms with van der Waals surface area (Å²) in [5.41, 5.74) is 0.866. The van der Waals surface area contributed by atoms with Gasteiger partial charge in [-0.3, -0.25) is 4.79 Å². The van der Waals surface area contributed by atoms with E-state index in [9.17, 15) is 18.0 Å². The lowest BCUT2D eigenvalue weighted by molar-refractivity contribution is -0.151. The van der Waals surface area contributed by atoms with Gasteiger partial charge in [-0.05, 0) is 37.5 Å². The monoisotopic (exact) mass is 462 g/mol. The molecule has 166 valence electrons. The molecule has 2 aliphatic rings. The number of esters is 1. The molecule has 0 bridgehead atoms. The zero-order valence-corrected chi connectivity index (χ0v) is 18.9. The molecule has 1 saturated carbocycles. The van der Waals surface area contributed by atoms with Gasteiger partial charge in [0.2, 0.25) is 0 Å². The minimum absolute atomic E-state index is 0.000690. The highest BCUT2D eigenvalue weighted by Crippen LogP contribution is 2.28. The number of sulfone groups is 1. The third kappa shape index (κ3) is 5.51. The van der Waals surface area contributed by atoms with Gasteiger partial charge in [0.15, 0.2) is 16.4 Å². The van der Waals surface area contributed by atoms with Gasteiger partial charge in [-0.15, -0.1) is 11.3 Å². The minimum atomic E-state index is -3.11. The molecule has 2 fully saturated rings. The number of carbonyl (C=O) groups excluding carboxylic acids is 2. The fourth-order valence-corrected chi connectivity index (χ4v) is 7.00. The molecule has 0 N–H and O–H groups in total. The molecular formula is C22H26N2O5S2. The molecule has 0 spiro atoms. The van der Waals surface area contributed by atoms with Crippen molar-refractivity contribution < 1.29 is 22.7 Å². The summed E-state index contributed by atoms with van der Waals surface area (Å²) < 4.78 is 30.1. The van der Waals surface area contributed by atoms with Crippen molar-refractivity contribution in [3.8, 4) is 0 Å². The molecule has 1 aliphatic heterocycles. The number of ether oxygens (including phenoxy) is 1. The van der Waals surface area contributed by atoms with Gasteiger partial charge >= 0.3 is 5.97 Å². The van der Waals surface area contributed by atoms with Crippen molar-refractivity contribution in [1.82, 2.24) is 9.88 Å². The molecular weight excluding hydrogens is 436 g/mol. The van der Waals surface area contributed by atoms with Gasteiger partial charge in [0.25, 0.3) is 5.91 Å². The number of thiazole rings is 1. The van der Waals surface area contributed by atoms with Gasteiger partial charge in [0, 0.05) is 18.2 Å². The normalized spacial score (nSPS) is 21.5. The number of hydrogen-bond acceptors (Lipinski definition) is 7. The zero-order chi connectivity index (χ0) is 21.8. The van der Waals surface area contributed by atoms with E-state index in [4.69, 9.17) is 4.74 Å². The summed E-state index contributed by atoms with van der Waals surface area (Å²) in [6.07, 6.45) is 8.23. The number of para-hydroxylation sites is 1. The predicted octanol–water partition coefficient (Wildman–Crippen LogP) is 3.20. The second-order valence-electron chi connectivity index (χ2n) is 8.11. The molecule has 9 heteroatoms. The first-order valence-corrected chi connectivity index (χ1v) is 13.3. The van der Waals surface area contributed by atoms with Gasteiger partial charge in [0.1, 0.15) is 5.01 Å². The molecule has 31 heavy (non-hydrogen) atoms. The molecule has 1 aromatic heterocycles. The SMILES string of the molecule is O=C(C=Cc1nc2ccccc2s1)OCC(=O)N(C1CCCCC1)C1CCS(=O)(=O)C1. The summed E-state index contributed by atoms with van der Waals surface area (Å²) in [7, 11) is -3.11. The highest BCUT2D eigenvalue weighted by Gasteiger charge is 2.38. The van der Waals surface area contributed by atoms with Gasteiger partial charge < -0.3 is 9.64 Å². The first-order valence-electron chi connectivity index (χ1n) is 10.6. The van der Waals surface area contributed by atoms with Crippen LogP contribution in [-0.4, -0.2) is 60.4 Å². The molecule has 1 aliphatic carbocycles. The third-order valence-corrected chi connectivity index (χ3v) is 8.62. The molecule has 1 unspecified atom stereocenters. The number of hydrogen-bond donors (Lipinski definition) is 0. The summed E-state index contributed by atoms with van der Waals surface area (Å²) in [6, 6.07) is 7.41. The van der Waals surface area contributed by atoms with Gasteiger partial charge in [-0.2, -0.15) is 0 Å². The number of aromatic nitrogens is 1. The highest BCUT2D eigenvalue weighted by atomic mass is 32.2. The largest absolute Gasteiger partial charge is 0.452 e. The summed E-state index contributed by atoms with van der Waals surface area (Å²) in [4.78, 5) is 31.2. The molecule has 2 heterocycles. The van der Waals surface area contributed by atoms with Crippen LogP contribution in [-0.2, 0) is 24.2 Å². The van der Waals surface area contributed by atoms with E-state index in [-0.39, 0.29) is 36.1 Å². The van der Waals surface area contributed by atoms with Crippen molar-refractivity contribution in [3.05, 3.63) is 35.3 Å². The van der Waals surface area contributed by atoms with Gasteiger partial charge in [-0.25, -0.2) is 18.2 Å². The van der Waals surface area contributed by atoms with Gasteiger partial charge in [-0.1, -0.05) is 31.4 Å². The lowest BCUT2D eigenvalue weighted by atomic mass is 9.93. The standard InChI is InChI=1S/C22H26N2O5S2/c25-21(24(16-6-2-1-3-7-16)17-12-13-31(27,28)15-17)14-29-22(26)11-10-20-23-18-8-4-5-9-19(18)30-20/h4-5,8-11,16-17H,1-3,6-7,12-15H2. The number of fused-ring (bicyclic) bond motifs is 1. The Morgan fingerprint density at radius 3 is 2.61 bits per heavy atom. The van der Waals surface area contributed by atoms with E-state index in [1.165, 1.54) is 17.4 Å². The second-order valence-corrected chi connectivity index (χ2v) is 11.4. The summed E-state index contributed by atoms with van der Waals surface area (Å²) >= 11 is 1.47. The highest BCUT2D eigenvalue weighted by molar-refractivity contribution is 7.91. The van der Waals surface area contributed by atoms with Crippen molar-refractivity contribution >= 4 is 49.3 Å². The first kappa shape index (κ1) is 22.0. The number of rotatable bonds is 6. The Bertz CT molecular complexity index is 1050. The quantitative estimate of drug-likeness (QED) is 0.483. The Kier molecular flexibility index (Phi) is 6.71. The number of carbonyl (C=O) groups is 2. The van der Waals surface area contributed by atoms with Crippen LogP contribution in [0, 0.1) is 0 Å². The van der Waals surface area contributed by atoms with Crippen LogP contribution in [0.15, 0.2) is 30.3 Å². The molecule has 1 amide bonds. The average molecular weight is 463 g/mol. The smallest absolute Gasteiger partial charge is 0.331 e. The molecule has 0 radical (unpaired) electrons. The van der Waals surface area contributed by atoms with E-state index in [1.54, 1.807) is 11.0 Å². The Labute approximate surface area is 186 Å². The fourth-order valence-electron chi connectivity index (χ4n) is 4.42. The van der Waals surface area contributed by atoms with Crippen molar-refractivity contribution in [1.29, 1.82) is 0 Å². The lowest BCUT2D eigenvalue weighted by Crippen LogP contribution is -2.50. The Morgan fingerprint density at radius 2 is 1.90 bits per heavy atom. The Balaban J connectivity index is 1.37. The number of nitrogens with zero attached hydrogens (tertiary/aromatic N) is 2. The van der Waals surface area contributed by atoms with Crippen LogP contribution >= 0.6 is 11.3 Å². The van der Waals surface area contributed by atoms with Crippen molar-refractivity contribution in [3.63, 3.8) is 0 Å². The van der Waals surface area contributed by atoms with E-state index in [0.717, 1.165) is 42.3 Å². The van der Waals surface area contributed by atoms with Crippen LogP contribution in [0.4, 0.5) is 0 Å². The number of amides is 1. The second kappa shape index (κ2) is 9.48. The van der Waals surface area contributed by atoms with Crippen LogP contribution in [0.5, 0.6) is 0 Å². The third-order valence-electron chi connectivity index (χ3n) is 5.87. The fraction of sp³-hybridized carbons (Fsp3) is 0.500. The molecule has 4 rings (SSSR count). The summed E-state index contributed by atoms with van der Waals surface area (Å²) in [6.45, 7) is -0.379. The Morgan fingerprint density at radius 1 is 1.13 bits per heavy atom. The van der Waals surface area contributed by atoms with Crippen LogP contribution in [0.2, 0.25) is 0 Å². The molecule has 7 nitrogen and oxygen atoms in total. The van der Waals surface area contributed by atoms with Crippen molar-refractivity contribution in [2.75, 3.05) is 18.1 Å². The predicted molar refractivity (Wildman–Crippen MR) is 120 cm³/mol. The van der Waals surface area contributed by atoms with E-state index in [1.807, 2.05) is 24.3 Å². The van der Waals surface area contributed by atoms with Gasteiger partial charge in [0.05, 0.1) is 21.7 Å². The van der Waals surface area contributed by atoms with E-state index in [0.29, 0.717) is 11.4 Å². The maximum absolute atomic E-state index is 13.0.